The number of nitrogens with one attached hydrogen (secondary N) is 2. The Morgan fingerprint density at radius 2 is 2.06 bits per heavy atom. The largest absolute Gasteiger partial charge is 0.467 e. The van der Waals surface area contributed by atoms with Gasteiger partial charge in [0, 0.05) is 37.7 Å². The van der Waals surface area contributed by atoms with Gasteiger partial charge in [-0.2, -0.15) is 0 Å². The number of benzene rings is 1. The van der Waals surface area contributed by atoms with E-state index in [1.54, 1.807) is 36.8 Å². The Labute approximate surface area is 183 Å². The first-order valence-corrected chi connectivity index (χ1v) is 10.5. The molecule has 0 spiro atoms. The lowest BCUT2D eigenvalue weighted by atomic mass is 10.3. The molecule has 10 heteroatoms. The molecule has 0 radical (unpaired) electrons. The van der Waals surface area contributed by atoms with Crippen molar-refractivity contribution in [3.05, 3.63) is 65.3 Å². The summed E-state index contributed by atoms with van der Waals surface area (Å²) in [5.41, 5.74) is 0.913. The summed E-state index contributed by atoms with van der Waals surface area (Å²) in [7, 11) is 1.56. The van der Waals surface area contributed by atoms with Crippen molar-refractivity contribution in [2.75, 3.05) is 32.1 Å². The highest BCUT2D eigenvalue weighted by molar-refractivity contribution is 7.14. The molecule has 0 aliphatic carbocycles. The number of methoxy groups -OCH3 is 1. The van der Waals surface area contributed by atoms with Gasteiger partial charge in [0.15, 0.2) is 5.13 Å². The van der Waals surface area contributed by atoms with E-state index in [4.69, 9.17) is 9.15 Å². The highest BCUT2D eigenvalue weighted by Crippen LogP contribution is 2.22. The average Bonchev–Trinajstić information content (AvgIpc) is 3.45. The van der Waals surface area contributed by atoms with Crippen molar-refractivity contribution < 1.29 is 23.1 Å². The smallest absolute Gasteiger partial charge is 0.273 e. The van der Waals surface area contributed by atoms with Crippen LogP contribution in [0.15, 0.2) is 52.5 Å². The molecule has 164 valence electrons. The minimum atomic E-state index is -0.333. The third-order valence-electron chi connectivity index (χ3n) is 4.27. The SMILES string of the molecule is COCCNC(=O)CCN(Cc1ccco1)C(=O)c1csc(Nc2ccc(F)cc2)n1. The van der Waals surface area contributed by atoms with Crippen molar-refractivity contribution in [1.29, 1.82) is 0 Å². The zero-order chi connectivity index (χ0) is 22.1. The van der Waals surface area contributed by atoms with E-state index in [1.165, 1.54) is 34.6 Å². The monoisotopic (exact) mass is 446 g/mol. The zero-order valence-electron chi connectivity index (χ0n) is 17.0. The molecule has 0 aliphatic heterocycles. The van der Waals surface area contributed by atoms with Crippen LogP contribution in [0.4, 0.5) is 15.2 Å². The molecule has 0 unspecified atom stereocenters. The third-order valence-corrected chi connectivity index (χ3v) is 5.03. The van der Waals surface area contributed by atoms with Crippen LogP contribution in [0, 0.1) is 5.82 Å². The van der Waals surface area contributed by atoms with Gasteiger partial charge in [-0.1, -0.05) is 0 Å². The van der Waals surface area contributed by atoms with Crippen LogP contribution >= 0.6 is 11.3 Å². The first-order valence-electron chi connectivity index (χ1n) is 9.60. The topological polar surface area (TPSA) is 96.7 Å². The molecule has 0 saturated heterocycles. The minimum absolute atomic E-state index is 0.140. The maximum atomic E-state index is 13.1. The number of anilines is 2. The van der Waals surface area contributed by atoms with E-state index in [0.29, 0.717) is 29.7 Å². The van der Waals surface area contributed by atoms with E-state index in [-0.39, 0.29) is 42.8 Å². The molecule has 2 N–H and O–H groups in total. The number of carbonyl (C=O) groups excluding carboxylic acids is 2. The first-order chi connectivity index (χ1) is 15.0. The van der Waals surface area contributed by atoms with Crippen LogP contribution in [0.25, 0.3) is 0 Å². The second-order valence-corrected chi connectivity index (χ2v) is 7.43. The molecule has 31 heavy (non-hydrogen) atoms. The van der Waals surface area contributed by atoms with Gasteiger partial charge in [-0.3, -0.25) is 9.59 Å². The number of ether oxygens (including phenoxy) is 1. The van der Waals surface area contributed by atoms with E-state index in [1.807, 2.05) is 0 Å². The molecule has 2 aromatic heterocycles. The van der Waals surface area contributed by atoms with E-state index < -0.39 is 0 Å². The van der Waals surface area contributed by atoms with Gasteiger partial charge in [-0.25, -0.2) is 9.37 Å². The molecule has 1 aromatic carbocycles. The second kappa shape index (κ2) is 11.2. The fraction of sp³-hybridized carbons (Fsp3) is 0.286. The lowest BCUT2D eigenvalue weighted by molar-refractivity contribution is -0.121. The summed E-state index contributed by atoms with van der Waals surface area (Å²) in [6.45, 7) is 1.25. The Morgan fingerprint density at radius 1 is 1.26 bits per heavy atom. The van der Waals surface area contributed by atoms with Gasteiger partial charge in [0.05, 0.1) is 19.4 Å². The summed E-state index contributed by atoms with van der Waals surface area (Å²) in [4.78, 5) is 31.0. The highest BCUT2D eigenvalue weighted by Gasteiger charge is 2.21. The van der Waals surface area contributed by atoms with Gasteiger partial charge in [0.1, 0.15) is 17.3 Å². The molecule has 2 amide bonds. The van der Waals surface area contributed by atoms with E-state index in [2.05, 4.69) is 15.6 Å². The summed E-state index contributed by atoms with van der Waals surface area (Å²) >= 11 is 1.26. The van der Waals surface area contributed by atoms with Crippen molar-refractivity contribution in [3.63, 3.8) is 0 Å². The fourth-order valence-electron chi connectivity index (χ4n) is 2.71. The lowest BCUT2D eigenvalue weighted by Crippen LogP contribution is -2.35. The molecule has 2 heterocycles. The Bertz CT molecular complexity index is 976. The van der Waals surface area contributed by atoms with Crippen molar-refractivity contribution >= 4 is 34.0 Å². The van der Waals surface area contributed by atoms with Crippen molar-refractivity contribution in [2.45, 2.75) is 13.0 Å². The molecule has 0 atom stereocenters. The summed E-state index contributed by atoms with van der Waals surface area (Å²) in [5.74, 6) is -0.218. The van der Waals surface area contributed by atoms with Crippen molar-refractivity contribution in [3.8, 4) is 0 Å². The number of aromatic nitrogens is 1. The van der Waals surface area contributed by atoms with Gasteiger partial charge < -0.3 is 24.7 Å². The molecule has 8 nitrogen and oxygen atoms in total. The molecule has 3 rings (SSSR count). The molecular formula is C21H23FN4O4S. The predicted molar refractivity (Wildman–Crippen MR) is 115 cm³/mol. The van der Waals surface area contributed by atoms with E-state index in [0.717, 1.165) is 0 Å². The number of thiazole rings is 1. The summed E-state index contributed by atoms with van der Waals surface area (Å²) < 4.78 is 23.3. The van der Waals surface area contributed by atoms with E-state index in [9.17, 15) is 14.0 Å². The number of carbonyl (C=O) groups is 2. The predicted octanol–water partition coefficient (Wildman–Crippen LogP) is 3.41. The van der Waals surface area contributed by atoms with Crippen LogP contribution in [0.3, 0.4) is 0 Å². The molecular weight excluding hydrogens is 423 g/mol. The van der Waals surface area contributed by atoms with Gasteiger partial charge in [0.25, 0.3) is 5.91 Å². The number of furan rings is 1. The maximum absolute atomic E-state index is 13.1. The Morgan fingerprint density at radius 3 is 2.77 bits per heavy atom. The molecule has 0 bridgehead atoms. The van der Waals surface area contributed by atoms with Crippen LogP contribution in [-0.4, -0.2) is 48.5 Å². The molecule has 0 saturated carbocycles. The number of nitrogens with zero attached hydrogens (tertiary/aromatic N) is 2. The van der Waals surface area contributed by atoms with Crippen LogP contribution < -0.4 is 10.6 Å². The Kier molecular flexibility index (Phi) is 8.13. The Hall–Kier alpha value is -3.24. The van der Waals surface area contributed by atoms with Crippen LogP contribution in [0.1, 0.15) is 22.7 Å². The maximum Gasteiger partial charge on any atom is 0.273 e. The number of hydrogen-bond acceptors (Lipinski definition) is 7. The van der Waals surface area contributed by atoms with Crippen LogP contribution in [0.2, 0.25) is 0 Å². The van der Waals surface area contributed by atoms with Crippen LogP contribution in [0.5, 0.6) is 0 Å². The van der Waals surface area contributed by atoms with Gasteiger partial charge >= 0.3 is 0 Å². The number of halogens is 1. The quantitative estimate of drug-likeness (QED) is 0.438. The summed E-state index contributed by atoms with van der Waals surface area (Å²) in [6, 6.07) is 9.35. The average molecular weight is 447 g/mol. The number of amides is 2. The van der Waals surface area contributed by atoms with Crippen LogP contribution in [-0.2, 0) is 16.1 Å². The zero-order valence-corrected chi connectivity index (χ0v) is 17.8. The first kappa shape index (κ1) is 22.4. The van der Waals surface area contributed by atoms with E-state index >= 15 is 0 Å². The van der Waals surface area contributed by atoms with Gasteiger partial charge in [-0.05, 0) is 36.4 Å². The standard InChI is InChI=1S/C21H23FN4O4S/c1-29-12-9-23-19(27)8-10-26(13-17-3-2-11-30-17)20(28)18-14-31-21(25-18)24-16-6-4-15(22)5-7-16/h2-7,11,14H,8-10,12-13H2,1H3,(H,23,27)(H,24,25). The van der Waals surface area contributed by atoms with Crippen molar-refractivity contribution in [2.24, 2.45) is 0 Å². The summed E-state index contributed by atoms with van der Waals surface area (Å²) in [5, 5.41) is 7.93. The Balaban J connectivity index is 1.65. The van der Waals surface area contributed by atoms with Gasteiger partial charge in [-0.15, -0.1) is 11.3 Å². The molecule has 3 aromatic rings. The lowest BCUT2D eigenvalue weighted by Gasteiger charge is -2.20. The van der Waals surface area contributed by atoms with Gasteiger partial charge in [0.2, 0.25) is 5.91 Å². The highest BCUT2D eigenvalue weighted by atomic mass is 32.1. The molecule has 0 fully saturated rings. The minimum Gasteiger partial charge on any atom is -0.467 e. The second-order valence-electron chi connectivity index (χ2n) is 6.57. The molecule has 0 aliphatic rings. The third kappa shape index (κ3) is 6.90. The fourth-order valence-corrected chi connectivity index (χ4v) is 3.41. The normalized spacial score (nSPS) is 10.6. The number of rotatable bonds is 11. The van der Waals surface area contributed by atoms with Crippen molar-refractivity contribution in [1.82, 2.24) is 15.2 Å². The summed E-state index contributed by atoms with van der Waals surface area (Å²) in [6.07, 6.45) is 1.67. The number of hydrogen-bond donors (Lipinski definition) is 2.